The Morgan fingerprint density at radius 1 is 0.814 bits per heavy atom. The summed E-state index contributed by atoms with van der Waals surface area (Å²) in [5.74, 6) is -0.181. The van der Waals surface area contributed by atoms with Gasteiger partial charge in [0.2, 0.25) is 0 Å². The summed E-state index contributed by atoms with van der Waals surface area (Å²) in [7, 11) is -4.48. The zero-order valence-corrected chi connectivity index (χ0v) is 42.0. The Hall–Kier alpha value is -1.20. The molecule has 0 unspecified atom stereocenters. The van der Waals surface area contributed by atoms with Gasteiger partial charge in [-0.1, -0.05) is 73.8 Å². The first-order valence-electron chi connectivity index (χ1n) is 22.4. The summed E-state index contributed by atoms with van der Waals surface area (Å²) in [6, 6.07) is 7.37. The molecule has 338 valence electrons. The van der Waals surface area contributed by atoms with Gasteiger partial charge in [0.15, 0.2) is 32.8 Å². The number of ether oxygens (including phenoxy) is 5. The van der Waals surface area contributed by atoms with E-state index in [0.29, 0.717) is 30.8 Å². The Morgan fingerprint density at radius 2 is 1.44 bits per heavy atom. The Morgan fingerprint density at radius 3 is 2.03 bits per heavy atom. The minimum atomic E-state index is -3.58. The van der Waals surface area contributed by atoms with E-state index >= 15 is 0 Å². The lowest BCUT2D eigenvalue weighted by atomic mass is 9.89. The molecule has 8 atom stereocenters. The third-order valence-corrected chi connectivity index (χ3v) is 25.1. The molecule has 0 bridgehead atoms. The predicted molar refractivity (Wildman–Crippen MR) is 245 cm³/mol. The van der Waals surface area contributed by atoms with Gasteiger partial charge in [-0.3, -0.25) is 0 Å². The van der Waals surface area contributed by atoms with Crippen molar-refractivity contribution in [2.45, 2.75) is 209 Å². The van der Waals surface area contributed by atoms with E-state index in [1.807, 2.05) is 12.1 Å². The van der Waals surface area contributed by atoms with Gasteiger partial charge in [-0.05, 0) is 116 Å². The summed E-state index contributed by atoms with van der Waals surface area (Å²) in [5, 5.41) is 0.0917. The maximum atomic E-state index is 14.1. The number of hydrogen-bond donors (Lipinski definition) is 0. The van der Waals surface area contributed by atoms with E-state index < -0.39 is 26.5 Å². The average molecular weight is 879 g/mol. The number of aryl methyl sites for hydroxylation is 1. The summed E-state index contributed by atoms with van der Waals surface area (Å²) in [6.45, 7) is 34.1. The van der Waals surface area contributed by atoms with Crippen LogP contribution in [-0.2, 0) is 48.8 Å². The molecule has 4 rings (SSSR count). The lowest BCUT2D eigenvalue weighted by Crippen LogP contribution is -2.48. The largest absolute Gasteiger partial charge is 0.414 e. The van der Waals surface area contributed by atoms with E-state index in [-0.39, 0.29) is 70.8 Å². The van der Waals surface area contributed by atoms with Crippen molar-refractivity contribution in [1.82, 2.24) is 0 Å². The first-order chi connectivity index (χ1) is 27.4. The van der Waals surface area contributed by atoms with Crippen LogP contribution in [0, 0.1) is 5.92 Å². The normalized spacial score (nSPS) is 26.9. The fraction of sp³-hybridized carbons (Fsp3) is 0.787. The van der Waals surface area contributed by atoms with E-state index in [4.69, 9.17) is 32.5 Å². The first kappa shape index (κ1) is 50.4. The highest BCUT2D eigenvalue weighted by Gasteiger charge is 2.45. The van der Waals surface area contributed by atoms with E-state index in [9.17, 15) is 8.42 Å². The number of rotatable bonds is 21. The molecule has 1 aromatic rings. The number of benzene rings is 1. The Balaban J connectivity index is 1.50. The fourth-order valence-corrected chi connectivity index (χ4v) is 12.2. The van der Waals surface area contributed by atoms with Gasteiger partial charge in [0.1, 0.15) is 0 Å². The third-order valence-electron chi connectivity index (χ3n) is 14.2. The molecule has 3 aliphatic heterocycles. The zero-order chi connectivity index (χ0) is 44.0. The summed E-state index contributed by atoms with van der Waals surface area (Å²) >= 11 is 0. The molecule has 12 heteroatoms. The van der Waals surface area contributed by atoms with Gasteiger partial charge in [0.25, 0.3) is 0 Å². The maximum Gasteiger partial charge on any atom is 0.192 e. The zero-order valence-electron chi connectivity index (χ0n) is 39.2. The molecule has 3 saturated heterocycles. The highest BCUT2D eigenvalue weighted by atomic mass is 32.2. The molecule has 0 saturated carbocycles. The molecule has 59 heavy (non-hydrogen) atoms. The van der Waals surface area contributed by atoms with Crippen molar-refractivity contribution in [2.24, 2.45) is 5.92 Å². The molecule has 3 fully saturated rings. The molecule has 0 aromatic heterocycles. The lowest BCUT2D eigenvalue weighted by molar-refractivity contribution is -0.112. The summed E-state index contributed by atoms with van der Waals surface area (Å²) in [4.78, 5) is 0.368. The van der Waals surface area contributed by atoms with Gasteiger partial charge < -0.3 is 32.5 Å². The highest BCUT2D eigenvalue weighted by molar-refractivity contribution is 7.91. The molecule has 9 nitrogen and oxygen atoms in total. The van der Waals surface area contributed by atoms with Crippen molar-refractivity contribution in [1.29, 1.82) is 0 Å². The third kappa shape index (κ3) is 14.2. The van der Waals surface area contributed by atoms with Crippen molar-refractivity contribution in [3.8, 4) is 0 Å². The van der Waals surface area contributed by atoms with Crippen LogP contribution >= 0.6 is 0 Å². The van der Waals surface area contributed by atoms with Crippen molar-refractivity contribution >= 4 is 26.5 Å². The van der Waals surface area contributed by atoms with E-state index in [2.05, 4.69) is 87.8 Å². The van der Waals surface area contributed by atoms with Crippen LogP contribution in [0.15, 0.2) is 53.5 Å². The molecular formula is C47H82O9SSi2. The molecule has 0 N–H and O–H groups in total. The Kier molecular flexibility index (Phi) is 17.9. The fourth-order valence-electron chi connectivity index (χ4n) is 8.13. The van der Waals surface area contributed by atoms with Crippen molar-refractivity contribution in [3.05, 3.63) is 54.1 Å². The minimum Gasteiger partial charge on any atom is -0.414 e. The molecule has 0 amide bonds. The van der Waals surface area contributed by atoms with Gasteiger partial charge in [0.05, 0.1) is 60.0 Å². The lowest BCUT2D eigenvalue weighted by Gasteiger charge is -2.42. The Labute approximate surface area is 361 Å². The number of hydrogen-bond acceptors (Lipinski definition) is 9. The van der Waals surface area contributed by atoms with Crippen molar-refractivity contribution in [2.75, 3.05) is 26.6 Å². The van der Waals surface area contributed by atoms with Crippen LogP contribution < -0.4 is 0 Å². The summed E-state index contributed by atoms with van der Waals surface area (Å²) in [5.41, 5.74) is 3.31. The van der Waals surface area contributed by atoms with Crippen molar-refractivity contribution < 1.29 is 41.0 Å². The van der Waals surface area contributed by atoms with E-state index in [1.54, 1.807) is 26.4 Å². The van der Waals surface area contributed by atoms with Crippen LogP contribution in [0.3, 0.4) is 0 Å². The molecule has 0 aliphatic carbocycles. The predicted octanol–water partition coefficient (Wildman–Crippen LogP) is 11.0. The molecule has 3 heterocycles. The van der Waals surface area contributed by atoms with Gasteiger partial charge in [-0.25, -0.2) is 8.42 Å². The maximum absolute atomic E-state index is 14.1. The van der Waals surface area contributed by atoms with Crippen LogP contribution in [0.1, 0.15) is 118 Å². The van der Waals surface area contributed by atoms with Gasteiger partial charge in [0, 0.05) is 39.4 Å². The van der Waals surface area contributed by atoms with Crippen molar-refractivity contribution in [3.63, 3.8) is 0 Å². The van der Waals surface area contributed by atoms with Crippen LogP contribution in [0.2, 0.25) is 36.3 Å². The summed E-state index contributed by atoms with van der Waals surface area (Å²) < 4.78 is 73.1. The van der Waals surface area contributed by atoms with E-state index in [0.717, 1.165) is 68.1 Å². The molecule has 1 aromatic carbocycles. The second-order valence-corrected chi connectivity index (χ2v) is 32.3. The quantitative estimate of drug-likeness (QED) is 0.0679. The van der Waals surface area contributed by atoms with E-state index in [1.165, 1.54) is 0 Å². The van der Waals surface area contributed by atoms with Crippen LogP contribution in [0.4, 0.5) is 0 Å². The molecule has 0 spiro atoms. The van der Waals surface area contributed by atoms with Crippen LogP contribution in [0.25, 0.3) is 0 Å². The monoisotopic (exact) mass is 879 g/mol. The second-order valence-electron chi connectivity index (χ2n) is 20.7. The smallest absolute Gasteiger partial charge is 0.192 e. The second kappa shape index (κ2) is 21.0. The topological polar surface area (TPSA) is 98.8 Å². The SMILES string of the molecule is C=C1C[C@H](CCC(OC)OC)O[C@H]1CC[C@H]1CCC(=C)[C@@H](C[C@@H]2O[C@H](C[C@@H](CO[Si](C)(C)C(C)(C)C)O[Si](C)(C)C(C)(C)C)C[C@H]2CS(=O)(=O)c2ccc(CC)cc2)O1. The van der Waals surface area contributed by atoms with Crippen LogP contribution in [0.5, 0.6) is 0 Å². The first-order valence-corrected chi connectivity index (χ1v) is 29.9. The standard InChI is InChI=1S/C47H82O9SSi2/c1-16-35-18-23-41(24-19-35)57(48,49)32-36-28-39(29-40(56-59(14,15)47(7,8)9)31-52-58(12,13)46(4,5)6)55-44(36)30-43-33(2)17-20-37(53-43)21-25-42-34(3)27-38(54-42)22-26-45(50-10)51-11/h18-19,23-24,36-40,42-45H,2-3,16-17,20-22,25-32H2,1,4-15H3/t36-,37+,38-,39-,40-,42-,43+,44-/m0/s1. The highest BCUT2D eigenvalue weighted by Crippen LogP contribution is 2.42. The van der Waals surface area contributed by atoms with Crippen LogP contribution in [-0.4, -0.2) is 101 Å². The minimum absolute atomic E-state index is 0.0118. The molecular weight excluding hydrogens is 797 g/mol. The summed E-state index contributed by atoms with van der Waals surface area (Å²) in [6.07, 6.45) is 7.81. The molecule has 3 aliphatic rings. The van der Waals surface area contributed by atoms with Gasteiger partial charge in [-0.2, -0.15) is 0 Å². The Bertz CT molecular complexity index is 1610. The van der Waals surface area contributed by atoms with Gasteiger partial charge >= 0.3 is 0 Å². The number of methoxy groups -OCH3 is 2. The van der Waals surface area contributed by atoms with Gasteiger partial charge in [-0.15, -0.1) is 0 Å². The average Bonchev–Trinajstić information content (AvgIpc) is 3.70. The number of sulfone groups is 1. The molecule has 0 radical (unpaired) electrons.